The molecule has 1 fully saturated rings. The highest BCUT2D eigenvalue weighted by molar-refractivity contribution is 7.13. The molecule has 0 atom stereocenters. The third-order valence-electron chi connectivity index (χ3n) is 8.28. The molecule has 0 saturated carbocycles. The number of rotatable bonds is 5. The van der Waals surface area contributed by atoms with Crippen LogP contribution in [0.25, 0.3) is 27.5 Å². The summed E-state index contributed by atoms with van der Waals surface area (Å²) < 4.78 is 1.82. The minimum Gasteiger partial charge on any atom is -0.304 e. The third-order valence-corrected chi connectivity index (χ3v) is 9.41. The highest BCUT2D eigenvalue weighted by atomic mass is 35.5. The molecule has 41 heavy (non-hydrogen) atoms. The van der Waals surface area contributed by atoms with Gasteiger partial charge in [0, 0.05) is 66.4 Å². The lowest BCUT2D eigenvalue weighted by Crippen LogP contribution is -2.43. The number of aromatic nitrogens is 2. The molecule has 0 spiro atoms. The average Bonchev–Trinajstić information content (AvgIpc) is 3.41. The van der Waals surface area contributed by atoms with Gasteiger partial charge in [-0.25, -0.2) is 4.98 Å². The second kappa shape index (κ2) is 11.0. The number of Topliss-reactive ketones (excluding diaryl/α,β-unsaturated/α-hetero) is 1. The molecule has 0 bridgehead atoms. The number of hydrogen-bond donors (Lipinski definition) is 0. The molecule has 2 aromatic carbocycles. The number of thiazole rings is 1. The first-order chi connectivity index (χ1) is 19.6. The first-order valence-electron chi connectivity index (χ1n) is 14.1. The van der Waals surface area contributed by atoms with Crippen LogP contribution in [-0.4, -0.2) is 58.4 Å². The van der Waals surface area contributed by atoms with E-state index in [0.717, 1.165) is 60.9 Å². The largest absolute Gasteiger partial charge is 0.304 e. The molecule has 212 valence electrons. The summed E-state index contributed by atoms with van der Waals surface area (Å²) in [5.74, 6) is 0.0759. The van der Waals surface area contributed by atoms with E-state index < -0.39 is 0 Å². The van der Waals surface area contributed by atoms with Gasteiger partial charge in [0.25, 0.3) is 5.56 Å². The van der Waals surface area contributed by atoms with Gasteiger partial charge in [-0.2, -0.15) is 0 Å². The van der Waals surface area contributed by atoms with E-state index in [2.05, 4.69) is 48.9 Å². The summed E-state index contributed by atoms with van der Waals surface area (Å²) >= 11 is 7.51. The highest BCUT2D eigenvalue weighted by Gasteiger charge is 2.35. The minimum atomic E-state index is -0.228. The van der Waals surface area contributed by atoms with Crippen molar-refractivity contribution in [3.8, 4) is 27.5 Å². The van der Waals surface area contributed by atoms with Crippen LogP contribution < -0.4 is 5.56 Å². The number of benzene rings is 2. The average molecular weight is 587 g/mol. The van der Waals surface area contributed by atoms with E-state index in [1.54, 1.807) is 6.07 Å². The fourth-order valence-corrected chi connectivity index (χ4v) is 6.89. The van der Waals surface area contributed by atoms with E-state index in [9.17, 15) is 9.59 Å². The number of ketones is 1. The van der Waals surface area contributed by atoms with Crippen LogP contribution in [0.3, 0.4) is 0 Å². The molecule has 3 heterocycles. The van der Waals surface area contributed by atoms with Crippen molar-refractivity contribution in [2.45, 2.75) is 40.2 Å². The Balaban J connectivity index is 1.48. The van der Waals surface area contributed by atoms with Gasteiger partial charge in [-0.3, -0.25) is 19.1 Å². The third kappa shape index (κ3) is 5.69. The molecule has 1 saturated heterocycles. The van der Waals surface area contributed by atoms with Crippen LogP contribution in [0.5, 0.6) is 0 Å². The predicted molar refractivity (Wildman–Crippen MR) is 168 cm³/mol. The molecule has 0 amide bonds. The lowest BCUT2D eigenvalue weighted by molar-refractivity contribution is 0.0909. The second-order valence-corrected chi connectivity index (χ2v) is 13.5. The Kier molecular flexibility index (Phi) is 7.49. The van der Waals surface area contributed by atoms with E-state index in [1.807, 2.05) is 41.1 Å². The summed E-state index contributed by atoms with van der Waals surface area (Å²) in [4.78, 5) is 37.6. The number of halogens is 1. The number of likely N-dealkylation sites (N-methyl/N-ethyl adjacent to an activating group) is 1. The summed E-state index contributed by atoms with van der Waals surface area (Å²) in [5, 5.41) is 3.23. The minimum absolute atomic E-state index is 0.0759. The molecule has 6 nitrogen and oxygen atoms in total. The van der Waals surface area contributed by atoms with Crippen LogP contribution in [0.1, 0.15) is 47.4 Å². The van der Waals surface area contributed by atoms with Crippen molar-refractivity contribution in [3.05, 3.63) is 91.7 Å². The number of piperazine rings is 1. The lowest BCUT2D eigenvalue weighted by atomic mass is 9.75. The first-order valence-corrected chi connectivity index (χ1v) is 15.4. The summed E-state index contributed by atoms with van der Waals surface area (Å²) in [6.07, 6.45) is 1.10. The molecule has 1 aliphatic carbocycles. The van der Waals surface area contributed by atoms with Gasteiger partial charge in [-0.05, 0) is 61.2 Å². The number of nitrogens with zero attached hydrogens (tertiary/aromatic N) is 4. The van der Waals surface area contributed by atoms with Crippen molar-refractivity contribution in [2.24, 2.45) is 5.41 Å². The van der Waals surface area contributed by atoms with Gasteiger partial charge in [-0.1, -0.05) is 49.7 Å². The standard InChI is InChI=1S/C33H35ClN4O2S/c1-21-5-6-22(19-37-13-11-36(4)12-14-37)15-28(21)38-29-17-33(2,3)18-30(39)25(29)16-26(32(38)40)31-35-27(20-41-31)23-7-9-24(34)10-8-23/h5-10,15-16,20H,11-14,17-19H2,1-4H3. The molecule has 1 aliphatic heterocycles. The van der Waals surface area contributed by atoms with Gasteiger partial charge in [0.15, 0.2) is 5.78 Å². The Morgan fingerprint density at radius 3 is 2.41 bits per heavy atom. The van der Waals surface area contributed by atoms with Gasteiger partial charge < -0.3 is 4.90 Å². The van der Waals surface area contributed by atoms with Crippen LogP contribution >= 0.6 is 22.9 Å². The normalized spacial score (nSPS) is 17.5. The van der Waals surface area contributed by atoms with Crippen molar-refractivity contribution in [2.75, 3.05) is 33.2 Å². The molecular weight excluding hydrogens is 552 g/mol. The Morgan fingerprint density at radius 2 is 1.68 bits per heavy atom. The Labute approximate surface area is 250 Å². The fraction of sp³-hybridized carbons (Fsp3) is 0.364. The summed E-state index contributed by atoms with van der Waals surface area (Å²) in [7, 11) is 2.16. The molecule has 8 heteroatoms. The quantitative estimate of drug-likeness (QED) is 0.267. The van der Waals surface area contributed by atoms with Gasteiger partial charge in [0.1, 0.15) is 5.01 Å². The zero-order valence-corrected chi connectivity index (χ0v) is 25.6. The smallest absolute Gasteiger partial charge is 0.265 e. The Morgan fingerprint density at radius 1 is 0.951 bits per heavy atom. The topological polar surface area (TPSA) is 58.4 Å². The lowest BCUT2D eigenvalue weighted by Gasteiger charge is -2.33. The number of pyridine rings is 1. The summed E-state index contributed by atoms with van der Waals surface area (Å²) in [5.41, 5.74) is 6.27. The van der Waals surface area contributed by atoms with Crippen LogP contribution in [0, 0.1) is 12.3 Å². The first kappa shape index (κ1) is 28.0. The summed E-state index contributed by atoms with van der Waals surface area (Å²) in [6.45, 7) is 11.2. The zero-order valence-electron chi connectivity index (χ0n) is 24.0. The predicted octanol–water partition coefficient (Wildman–Crippen LogP) is 6.49. The number of carbonyl (C=O) groups excluding carboxylic acids is 1. The van der Waals surface area contributed by atoms with Crippen LogP contribution in [0.2, 0.25) is 5.02 Å². The second-order valence-electron chi connectivity index (χ2n) is 12.2. The zero-order chi connectivity index (χ0) is 28.9. The van der Waals surface area contributed by atoms with Gasteiger partial charge >= 0.3 is 0 Å². The maximum absolute atomic E-state index is 14.4. The SMILES string of the molecule is Cc1ccc(CN2CCN(C)CC2)cc1-n1c2c(cc(-c3nc(-c4ccc(Cl)cc4)cs3)c1=O)C(=O)CC(C)(C)C2. The van der Waals surface area contributed by atoms with Gasteiger partial charge in [0.05, 0.1) is 16.9 Å². The molecule has 0 radical (unpaired) electrons. The number of carbonyl (C=O) groups is 1. The molecule has 4 aromatic rings. The fourth-order valence-electron chi connectivity index (χ4n) is 5.93. The van der Waals surface area contributed by atoms with Crippen LogP contribution in [0.15, 0.2) is 58.7 Å². The van der Waals surface area contributed by atoms with Crippen molar-refractivity contribution < 1.29 is 4.79 Å². The number of hydrogen-bond acceptors (Lipinski definition) is 6. The molecule has 0 unspecified atom stereocenters. The van der Waals surface area contributed by atoms with E-state index >= 15 is 0 Å². The maximum Gasteiger partial charge on any atom is 0.265 e. The van der Waals surface area contributed by atoms with Gasteiger partial charge in [0.2, 0.25) is 0 Å². The molecule has 6 rings (SSSR count). The molecular formula is C33H35ClN4O2S. The monoisotopic (exact) mass is 586 g/mol. The maximum atomic E-state index is 14.4. The van der Waals surface area contributed by atoms with Crippen LogP contribution in [-0.2, 0) is 13.0 Å². The van der Waals surface area contributed by atoms with E-state index in [1.165, 1.54) is 16.9 Å². The molecule has 0 N–H and O–H groups in total. The summed E-state index contributed by atoms with van der Waals surface area (Å²) in [6, 6.07) is 15.7. The molecule has 2 aromatic heterocycles. The van der Waals surface area contributed by atoms with Gasteiger partial charge in [-0.15, -0.1) is 11.3 Å². The van der Waals surface area contributed by atoms with E-state index in [0.29, 0.717) is 34.0 Å². The van der Waals surface area contributed by atoms with Crippen molar-refractivity contribution in [3.63, 3.8) is 0 Å². The van der Waals surface area contributed by atoms with E-state index in [-0.39, 0.29) is 16.8 Å². The number of fused-ring (bicyclic) bond motifs is 1. The van der Waals surface area contributed by atoms with Crippen molar-refractivity contribution in [1.29, 1.82) is 0 Å². The highest BCUT2D eigenvalue weighted by Crippen LogP contribution is 2.38. The Bertz CT molecular complexity index is 1680. The number of aryl methyl sites for hydroxylation is 1. The Hall–Kier alpha value is -3.10. The van der Waals surface area contributed by atoms with Crippen molar-refractivity contribution >= 4 is 28.7 Å². The van der Waals surface area contributed by atoms with E-state index in [4.69, 9.17) is 16.6 Å². The van der Waals surface area contributed by atoms with Crippen LogP contribution in [0.4, 0.5) is 0 Å². The molecule has 2 aliphatic rings. The van der Waals surface area contributed by atoms with Crippen molar-refractivity contribution in [1.82, 2.24) is 19.4 Å².